The van der Waals surface area contributed by atoms with Gasteiger partial charge in [0, 0.05) is 23.6 Å². The number of thiophene rings is 1. The van der Waals surface area contributed by atoms with Gasteiger partial charge in [0.05, 0.1) is 19.3 Å². The molecule has 1 aromatic heterocycles. The van der Waals surface area contributed by atoms with E-state index in [-0.39, 0.29) is 17.8 Å². The molecule has 5 atom stereocenters. The first-order valence-corrected chi connectivity index (χ1v) is 12.9. The lowest BCUT2D eigenvalue weighted by molar-refractivity contribution is -0.140. The van der Waals surface area contributed by atoms with Gasteiger partial charge in [0.2, 0.25) is 0 Å². The molecule has 1 aromatic carbocycles. The zero-order valence-corrected chi connectivity index (χ0v) is 20.6. The van der Waals surface area contributed by atoms with Crippen molar-refractivity contribution >= 4 is 17.3 Å². The molecule has 3 rings (SSSR count). The van der Waals surface area contributed by atoms with Gasteiger partial charge in [-0.25, -0.2) is 0 Å². The van der Waals surface area contributed by atoms with Gasteiger partial charge >= 0.3 is 5.97 Å². The van der Waals surface area contributed by atoms with Gasteiger partial charge in [-0.05, 0) is 55.0 Å². The SMILES string of the molecule is COC(=O)CCC/C=C\C[C@@H]1[C@@H](/C=C/[C@@](O)(CCc2cccs2)c2ccccc2)[C@H](O)C[C@@H]1O. The largest absolute Gasteiger partial charge is 0.469 e. The molecule has 1 fully saturated rings. The number of aliphatic hydroxyl groups excluding tert-OH is 2. The molecular formula is C28H36O5S. The number of aliphatic hydroxyl groups is 3. The average Bonchev–Trinajstić information content (AvgIpc) is 3.46. The van der Waals surface area contributed by atoms with Crippen molar-refractivity contribution in [2.75, 3.05) is 7.11 Å². The summed E-state index contributed by atoms with van der Waals surface area (Å²) in [5.74, 6) is -0.579. The Labute approximate surface area is 206 Å². The first kappa shape index (κ1) is 26.4. The number of esters is 1. The normalized spacial score (nSPS) is 24.6. The van der Waals surface area contributed by atoms with Crippen molar-refractivity contribution in [2.45, 2.75) is 62.8 Å². The van der Waals surface area contributed by atoms with Gasteiger partial charge in [-0.3, -0.25) is 4.79 Å². The van der Waals surface area contributed by atoms with Crippen LogP contribution in [0.25, 0.3) is 0 Å². The molecule has 3 N–H and O–H groups in total. The van der Waals surface area contributed by atoms with Crippen LogP contribution in [0.5, 0.6) is 0 Å². The Balaban J connectivity index is 1.68. The van der Waals surface area contributed by atoms with E-state index in [9.17, 15) is 20.1 Å². The minimum atomic E-state index is -1.16. The quantitative estimate of drug-likeness (QED) is 0.229. The summed E-state index contributed by atoms with van der Waals surface area (Å²) in [6.07, 6.45) is 10.6. The van der Waals surface area contributed by atoms with Crippen LogP contribution in [0.2, 0.25) is 0 Å². The maximum absolute atomic E-state index is 11.6. The maximum atomic E-state index is 11.6. The highest BCUT2D eigenvalue weighted by molar-refractivity contribution is 7.09. The average molecular weight is 485 g/mol. The minimum absolute atomic E-state index is 0.125. The second kappa shape index (κ2) is 13.0. The Morgan fingerprint density at radius 1 is 1.15 bits per heavy atom. The molecular weight excluding hydrogens is 448 g/mol. The molecule has 1 aliphatic carbocycles. The lowest BCUT2D eigenvalue weighted by Gasteiger charge is -2.27. The number of carbonyl (C=O) groups excluding carboxylic acids is 1. The molecule has 0 amide bonds. The number of hydrogen-bond donors (Lipinski definition) is 3. The van der Waals surface area contributed by atoms with Crippen LogP contribution in [0, 0.1) is 11.8 Å². The van der Waals surface area contributed by atoms with Gasteiger partial charge in [-0.1, -0.05) is 60.7 Å². The van der Waals surface area contributed by atoms with E-state index in [0.29, 0.717) is 25.7 Å². The smallest absolute Gasteiger partial charge is 0.305 e. The molecule has 1 heterocycles. The lowest BCUT2D eigenvalue weighted by Crippen LogP contribution is -2.26. The molecule has 1 aliphatic rings. The van der Waals surface area contributed by atoms with Crippen LogP contribution >= 0.6 is 11.3 Å². The van der Waals surface area contributed by atoms with Crippen molar-refractivity contribution in [3.63, 3.8) is 0 Å². The number of carbonyl (C=O) groups is 1. The van der Waals surface area contributed by atoms with Crippen LogP contribution in [0.3, 0.4) is 0 Å². The topological polar surface area (TPSA) is 87.0 Å². The fourth-order valence-corrected chi connectivity index (χ4v) is 5.34. The van der Waals surface area contributed by atoms with Gasteiger partial charge in [-0.15, -0.1) is 11.3 Å². The van der Waals surface area contributed by atoms with E-state index in [0.717, 1.165) is 24.8 Å². The third kappa shape index (κ3) is 7.37. The zero-order valence-electron chi connectivity index (χ0n) is 19.8. The van der Waals surface area contributed by atoms with E-state index in [4.69, 9.17) is 0 Å². The Morgan fingerprint density at radius 3 is 2.65 bits per heavy atom. The first-order chi connectivity index (χ1) is 16.4. The summed E-state index contributed by atoms with van der Waals surface area (Å²) in [4.78, 5) is 12.4. The lowest BCUT2D eigenvalue weighted by atomic mass is 9.84. The highest BCUT2D eigenvalue weighted by Gasteiger charge is 2.40. The summed E-state index contributed by atoms with van der Waals surface area (Å²) in [6.45, 7) is 0. The Morgan fingerprint density at radius 2 is 1.94 bits per heavy atom. The molecule has 0 bridgehead atoms. The predicted molar refractivity (Wildman–Crippen MR) is 135 cm³/mol. The molecule has 184 valence electrons. The monoisotopic (exact) mass is 484 g/mol. The number of allylic oxidation sites excluding steroid dienone is 2. The number of unbranched alkanes of at least 4 members (excludes halogenated alkanes) is 1. The second-order valence-corrected chi connectivity index (χ2v) is 10.0. The molecule has 6 heteroatoms. The molecule has 0 radical (unpaired) electrons. The Bertz CT molecular complexity index is 924. The minimum Gasteiger partial charge on any atom is -0.469 e. The van der Waals surface area contributed by atoms with Crippen LogP contribution < -0.4 is 0 Å². The number of rotatable bonds is 12. The van der Waals surface area contributed by atoms with Crippen LogP contribution in [0.15, 0.2) is 72.1 Å². The van der Waals surface area contributed by atoms with Gasteiger partial charge in [0.1, 0.15) is 5.60 Å². The summed E-state index contributed by atoms with van der Waals surface area (Å²) in [5, 5.41) is 34.9. The van der Waals surface area contributed by atoms with Gasteiger partial charge in [0.15, 0.2) is 0 Å². The van der Waals surface area contributed by atoms with Crippen molar-refractivity contribution in [1.29, 1.82) is 0 Å². The highest BCUT2D eigenvalue weighted by Crippen LogP contribution is 2.38. The first-order valence-electron chi connectivity index (χ1n) is 12.0. The van der Waals surface area contributed by atoms with Crippen molar-refractivity contribution in [3.8, 4) is 0 Å². The summed E-state index contributed by atoms with van der Waals surface area (Å²) in [7, 11) is 1.39. The third-order valence-electron chi connectivity index (χ3n) is 6.67. The van der Waals surface area contributed by atoms with Gasteiger partial charge in [-0.2, -0.15) is 0 Å². The summed E-state index contributed by atoms with van der Waals surface area (Å²) in [6, 6.07) is 13.7. The van der Waals surface area contributed by atoms with Crippen LogP contribution in [-0.4, -0.2) is 40.6 Å². The number of benzene rings is 1. The van der Waals surface area contributed by atoms with Crippen molar-refractivity contribution in [3.05, 3.63) is 82.6 Å². The van der Waals surface area contributed by atoms with Crippen LogP contribution in [0.4, 0.5) is 0 Å². The standard InChI is InChI=1S/C28H36O5S/c1-33-27(31)14-8-3-2-7-13-23-24(26(30)20-25(23)29)16-18-28(32,21-10-5-4-6-11-21)17-15-22-12-9-19-34-22/h2,4-7,9-12,16,18-19,23-26,29-30,32H,3,8,13-15,17,20H2,1H3/b7-2-,18-16+/t23-,24-,25+,26-,28+/m1/s1. The Kier molecular flexibility index (Phi) is 10.1. The molecule has 2 aromatic rings. The van der Waals surface area contributed by atoms with Crippen LogP contribution in [-0.2, 0) is 21.6 Å². The fourth-order valence-electron chi connectivity index (χ4n) is 4.63. The number of methoxy groups -OCH3 is 1. The summed E-state index contributed by atoms with van der Waals surface area (Å²) >= 11 is 1.68. The van der Waals surface area contributed by atoms with Crippen molar-refractivity contribution < 1.29 is 24.9 Å². The summed E-state index contributed by atoms with van der Waals surface area (Å²) in [5.41, 5.74) is -0.342. The molecule has 0 spiro atoms. The molecule has 1 saturated carbocycles. The number of aryl methyl sites for hydroxylation is 1. The molecule has 0 unspecified atom stereocenters. The molecule has 0 saturated heterocycles. The Hall–Kier alpha value is -2.25. The van der Waals surface area contributed by atoms with Crippen molar-refractivity contribution in [2.24, 2.45) is 11.8 Å². The number of ether oxygens (including phenoxy) is 1. The fraction of sp³-hybridized carbons (Fsp3) is 0.464. The van der Waals surface area contributed by atoms with E-state index in [1.807, 2.05) is 66.1 Å². The van der Waals surface area contributed by atoms with E-state index in [1.54, 1.807) is 11.3 Å². The van der Waals surface area contributed by atoms with E-state index < -0.39 is 17.8 Å². The molecule has 5 nitrogen and oxygen atoms in total. The molecule has 34 heavy (non-hydrogen) atoms. The highest BCUT2D eigenvalue weighted by atomic mass is 32.1. The van der Waals surface area contributed by atoms with Gasteiger partial charge in [0.25, 0.3) is 0 Å². The van der Waals surface area contributed by atoms with E-state index in [2.05, 4.69) is 10.8 Å². The summed E-state index contributed by atoms with van der Waals surface area (Å²) < 4.78 is 4.65. The van der Waals surface area contributed by atoms with Gasteiger partial charge < -0.3 is 20.1 Å². The van der Waals surface area contributed by atoms with E-state index in [1.165, 1.54) is 12.0 Å². The maximum Gasteiger partial charge on any atom is 0.305 e. The van der Waals surface area contributed by atoms with Crippen molar-refractivity contribution in [1.82, 2.24) is 0 Å². The van der Waals surface area contributed by atoms with E-state index >= 15 is 0 Å². The molecule has 0 aliphatic heterocycles. The third-order valence-corrected chi connectivity index (χ3v) is 7.61. The van der Waals surface area contributed by atoms with Crippen LogP contribution in [0.1, 0.15) is 49.0 Å². The second-order valence-electron chi connectivity index (χ2n) is 9.02. The zero-order chi connectivity index (χ0) is 24.4. The number of hydrogen-bond acceptors (Lipinski definition) is 6. The predicted octanol–water partition coefficient (Wildman–Crippen LogP) is 4.77.